The highest BCUT2D eigenvalue weighted by atomic mass is 35.5. The molecule has 0 spiro atoms. The fourth-order valence-electron chi connectivity index (χ4n) is 4.27. The topological polar surface area (TPSA) is 49.9 Å². The summed E-state index contributed by atoms with van der Waals surface area (Å²) in [5, 5.41) is 2.71. The number of halogens is 1. The summed E-state index contributed by atoms with van der Waals surface area (Å²) in [5.74, 6) is 0.513. The van der Waals surface area contributed by atoms with Crippen molar-refractivity contribution in [1.82, 2.24) is 9.80 Å². The third-order valence-corrected chi connectivity index (χ3v) is 7.45. The van der Waals surface area contributed by atoms with Gasteiger partial charge in [-0.2, -0.15) is 0 Å². The van der Waals surface area contributed by atoms with E-state index in [9.17, 15) is 9.59 Å². The molecule has 0 fully saturated rings. The molecule has 0 saturated carbocycles. The Morgan fingerprint density at radius 3 is 2.59 bits per heavy atom. The molecule has 4 rings (SSSR count). The van der Waals surface area contributed by atoms with E-state index >= 15 is 0 Å². The second kappa shape index (κ2) is 10.6. The van der Waals surface area contributed by atoms with E-state index in [1.807, 2.05) is 62.1 Å². The normalized spacial score (nSPS) is 15.2. The zero-order valence-electron chi connectivity index (χ0n) is 19.7. The molecule has 2 amide bonds. The first-order valence-electron chi connectivity index (χ1n) is 11.5. The molecule has 1 aliphatic rings. The monoisotopic (exact) mass is 496 g/mol. The van der Waals surface area contributed by atoms with Crippen LogP contribution in [0.3, 0.4) is 0 Å². The van der Waals surface area contributed by atoms with Crippen LogP contribution in [0.25, 0.3) is 0 Å². The minimum Gasteiger partial charge on any atom is -0.491 e. The lowest BCUT2D eigenvalue weighted by atomic mass is 10.00. The van der Waals surface area contributed by atoms with Gasteiger partial charge in [-0.3, -0.25) is 9.59 Å². The Morgan fingerprint density at radius 1 is 1.15 bits per heavy atom. The average Bonchev–Trinajstić information content (AvgIpc) is 3.31. The third kappa shape index (κ3) is 5.29. The van der Waals surface area contributed by atoms with Crippen LogP contribution in [0, 0.1) is 6.92 Å². The molecule has 0 radical (unpaired) electrons. The number of hydrogen-bond donors (Lipinski definition) is 0. The molecule has 1 atom stereocenters. The van der Waals surface area contributed by atoms with E-state index in [0.29, 0.717) is 29.5 Å². The summed E-state index contributed by atoms with van der Waals surface area (Å²) in [7, 11) is 0. The molecule has 34 heavy (non-hydrogen) atoms. The van der Waals surface area contributed by atoms with Crippen molar-refractivity contribution in [1.29, 1.82) is 0 Å². The number of hydrogen-bond acceptors (Lipinski definition) is 4. The van der Waals surface area contributed by atoms with Crippen molar-refractivity contribution in [2.24, 2.45) is 0 Å². The summed E-state index contributed by atoms with van der Waals surface area (Å²) in [6.07, 6.45) is 0.809. The summed E-state index contributed by atoms with van der Waals surface area (Å²) in [6, 6.07) is 16.5. The predicted molar refractivity (Wildman–Crippen MR) is 137 cm³/mol. The highest BCUT2D eigenvalue weighted by molar-refractivity contribution is 7.10. The van der Waals surface area contributed by atoms with Crippen molar-refractivity contribution < 1.29 is 14.3 Å². The summed E-state index contributed by atoms with van der Waals surface area (Å²) < 4.78 is 6.06. The molecule has 0 aliphatic carbocycles. The van der Waals surface area contributed by atoms with Crippen molar-refractivity contribution in [3.8, 4) is 5.75 Å². The minimum absolute atomic E-state index is 0.0295. The number of aryl methyl sites for hydroxylation is 1. The summed E-state index contributed by atoms with van der Waals surface area (Å²) in [5.41, 5.74) is 2.66. The number of ether oxygens (including phenoxy) is 1. The Bertz CT molecular complexity index is 1160. The molecule has 1 unspecified atom stereocenters. The molecule has 1 aliphatic heterocycles. The minimum atomic E-state index is -0.208. The number of nitrogens with zero attached hydrogens (tertiary/aromatic N) is 2. The Kier molecular flexibility index (Phi) is 7.59. The number of carbonyl (C=O) groups excluding carboxylic acids is 2. The van der Waals surface area contributed by atoms with Gasteiger partial charge >= 0.3 is 0 Å². The van der Waals surface area contributed by atoms with Crippen molar-refractivity contribution in [2.75, 3.05) is 19.7 Å². The molecule has 2 aromatic carbocycles. The standard InChI is InChI=1S/C27H29ClN2O3S/c1-18(2)30(27(32)22-7-5-4-6-19(22)3)16-26(31)29-14-12-25-23(13-15-34-25)24(29)17-33-21-10-8-20(28)9-11-21/h4-11,13,15,18,24H,12,14,16-17H2,1-3H3. The number of benzene rings is 2. The van der Waals surface area contributed by atoms with Crippen LogP contribution in [0.2, 0.25) is 5.02 Å². The van der Waals surface area contributed by atoms with Crippen LogP contribution in [-0.2, 0) is 11.2 Å². The maximum atomic E-state index is 13.6. The number of thiophene rings is 1. The van der Waals surface area contributed by atoms with Crippen molar-refractivity contribution in [3.05, 3.63) is 86.6 Å². The molecule has 0 saturated heterocycles. The predicted octanol–water partition coefficient (Wildman–Crippen LogP) is 5.77. The third-order valence-electron chi connectivity index (χ3n) is 6.20. The highest BCUT2D eigenvalue weighted by Crippen LogP contribution is 2.34. The van der Waals surface area contributed by atoms with Gasteiger partial charge in [0.15, 0.2) is 0 Å². The van der Waals surface area contributed by atoms with Crippen LogP contribution < -0.4 is 4.74 Å². The van der Waals surface area contributed by atoms with E-state index in [0.717, 1.165) is 17.5 Å². The van der Waals surface area contributed by atoms with Gasteiger partial charge in [0.25, 0.3) is 5.91 Å². The summed E-state index contributed by atoms with van der Waals surface area (Å²) >= 11 is 7.71. The Hall–Kier alpha value is -2.83. The lowest BCUT2D eigenvalue weighted by Crippen LogP contribution is -2.49. The quantitative estimate of drug-likeness (QED) is 0.417. The zero-order chi connectivity index (χ0) is 24.2. The van der Waals surface area contributed by atoms with Crippen LogP contribution in [0.1, 0.15) is 46.3 Å². The largest absolute Gasteiger partial charge is 0.491 e. The molecule has 0 N–H and O–H groups in total. The Morgan fingerprint density at radius 2 is 1.88 bits per heavy atom. The van der Waals surface area contributed by atoms with Crippen molar-refractivity contribution in [3.63, 3.8) is 0 Å². The van der Waals surface area contributed by atoms with E-state index in [1.54, 1.807) is 28.4 Å². The van der Waals surface area contributed by atoms with Gasteiger partial charge < -0.3 is 14.5 Å². The average molecular weight is 497 g/mol. The summed E-state index contributed by atoms with van der Waals surface area (Å²) in [4.78, 5) is 31.7. The second-order valence-electron chi connectivity index (χ2n) is 8.76. The Balaban J connectivity index is 1.54. The molecular weight excluding hydrogens is 468 g/mol. The lowest BCUT2D eigenvalue weighted by Gasteiger charge is -2.37. The molecular formula is C27H29ClN2O3S. The van der Waals surface area contributed by atoms with Crippen LogP contribution in [0.15, 0.2) is 60.0 Å². The maximum absolute atomic E-state index is 13.6. The van der Waals surface area contributed by atoms with Gasteiger partial charge in [-0.15, -0.1) is 11.3 Å². The van der Waals surface area contributed by atoms with Gasteiger partial charge in [0.05, 0.1) is 6.04 Å². The van der Waals surface area contributed by atoms with Gasteiger partial charge in [-0.05, 0) is 80.1 Å². The van der Waals surface area contributed by atoms with E-state index in [4.69, 9.17) is 16.3 Å². The van der Waals surface area contributed by atoms with Crippen molar-refractivity contribution in [2.45, 2.75) is 39.3 Å². The molecule has 7 heteroatoms. The number of fused-ring (bicyclic) bond motifs is 1. The van der Waals surface area contributed by atoms with Crippen LogP contribution >= 0.6 is 22.9 Å². The van der Waals surface area contributed by atoms with Gasteiger partial charge in [0, 0.05) is 28.0 Å². The first-order valence-corrected chi connectivity index (χ1v) is 12.7. The maximum Gasteiger partial charge on any atom is 0.254 e. The van der Waals surface area contributed by atoms with E-state index < -0.39 is 0 Å². The lowest BCUT2D eigenvalue weighted by molar-refractivity contribution is -0.136. The Labute approximate surface area is 209 Å². The molecule has 0 bridgehead atoms. The first kappa shape index (κ1) is 24.3. The first-order chi connectivity index (χ1) is 16.3. The number of carbonyl (C=O) groups is 2. The zero-order valence-corrected chi connectivity index (χ0v) is 21.2. The fourth-order valence-corrected chi connectivity index (χ4v) is 5.33. The van der Waals surface area contributed by atoms with E-state index in [1.165, 1.54) is 4.88 Å². The molecule has 3 aromatic rings. The summed E-state index contributed by atoms with van der Waals surface area (Å²) in [6.45, 7) is 6.77. The van der Waals surface area contributed by atoms with Gasteiger partial charge in [-0.25, -0.2) is 0 Å². The number of rotatable bonds is 7. The van der Waals surface area contributed by atoms with E-state index in [-0.39, 0.29) is 30.4 Å². The second-order valence-corrected chi connectivity index (χ2v) is 10.2. The molecule has 1 aromatic heterocycles. The highest BCUT2D eigenvalue weighted by Gasteiger charge is 2.34. The van der Waals surface area contributed by atoms with E-state index in [2.05, 4.69) is 11.4 Å². The van der Waals surface area contributed by atoms with Crippen LogP contribution in [-0.4, -0.2) is 47.4 Å². The van der Waals surface area contributed by atoms with Crippen LogP contribution in [0.4, 0.5) is 0 Å². The SMILES string of the molecule is Cc1ccccc1C(=O)N(CC(=O)N1CCc2sccc2C1COc1ccc(Cl)cc1)C(C)C. The molecule has 178 valence electrons. The molecule has 5 nitrogen and oxygen atoms in total. The van der Waals surface area contributed by atoms with Crippen LogP contribution in [0.5, 0.6) is 5.75 Å². The number of amides is 2. The smallest absolute Gasteiger partial charge is 0.254 e. The van der Waals surface area contributed by atoms with Gasteiger partial charge in [0.2, 0.25) is 5.91 Å². The molecule has 2 heterocycles. The van der Waals surface area contributed by atoms with Crippen molar-refractivity contribution >= 4 is 34.8 Å². The van der Waals surface area contributed by atoms with Gasteiger partial charge in [-0.1, -0.05) is 29.8 Å². The fraction of sp³-hybridized carbons (Fsp3) is 0.333. The van der Waals surface area contributed by atoms with Gasteiger partial charge in [0.1, 0.15) is 18.9 Å².